The minimum atomic E-state index is -0.0142. The van der Waals surface area contributed by atoms with Crippen LogP contribution in [0, 0.1) is 0 Å². The van der Waals surface area contributed by atoms with E-state index in [-0.39, 0.29) is 18.2 Å². The lowest BCUT2D eigenvalue weighted by molar-refractivity contribution is -0.113. The summed E-state index contributed by atoms with van der Waals surface area (Å²) in [5, 5.41) is 3.09. The molecule has 0 spiro atoms. The van der Waals surface area contributed by atoms with Crippen molar-refractivity contribution in [1.29, 1.82) is 0 Å². The first-order chi connectivity index (χ1) is 8.29. The number of nitrogens with zero attached hydrogens (tertiary/aromatic N) is 2. The van der Waals surface area contributed by atoms with Crippen molar-refractivity contribution in [2.45, 2.75) is 0 Å². The number of anilines is 3. The molecule has 0 atom stereocenters. The zero-order valence-electron chi connectivity index (χ0n) is 8.89. The van der Waals surface area contributed by atoms with Crippen molar-refractivity contribution in [2.24, 2.45) is 0 Å². The van der Waals surface area contributed by atoms with Gasteiger partial charge in [0.05, 0.1) is 11.4 Å². The Morgan fingerprint density at radius 3 is 3.00 bits per heavy atom. The first-order valence-electron chi connectivity index (χ1n) is 5.22. The monoisotopic (exact) mass is 251 g/mol. The van der Waals surface area contributed by atoms with E-state index in [9.17, 15) is 8.68 Å². The highest BCUT2D eigenvalue weighted by atomic mass is 32.2. The number of fused-ring (bicyclic) bond motifs is 1. The lowest BCUT2D eigenvalue weighted by Crippen LogP contribution is -2.24. The molecule has 4 nitrogen and oxygen atoms in total. The van der Waals surface area contributed by atoms with Gasteiger partial charge in [-0.1, -0.05) is 6.08 Å². The van der Waals surface area contributed by atoms with Crippen LogP contribution in [0.4, 0.5) is 20.9 Å². The van der Waals surface area contributed by atoms with Gasteiger partial charge < -0.3 is 10.2 Å². The number of hydrogen-bond donors (Lipinski definition) is 1. The lowest BCUT2D eigenvalue weighted by Gasteiger charge is -2.17. The Balaban J connectivity index is 1.92. The molecule has 88 valence electrons. The van der Waals surface area contributed by atoms with E-state index >= 15 is 0 Å². The third kappa shape index (κ3) is 1.64. The van der Waals surface area contributed by atoms with E-state index in [0.717, 1.165) is 17.1 Å². The summed E-state index contributed by atoms with van der Waals surface area (Å²) in [5.74, 6) is -0.0142. The summed E-state index contributed by atoms with van der Waals surface area (Å²) in [6, 6.07) is 5.53. The van der Waals surface area contributed by atoms with Crippen LogP contribution in [-0.2, 0) is 4.79 Å². The van der Waals surface area contributed by atoms with Gasteiger partial charge in [-0.25, -0.2) is 0 Å². The fraction of sp³-hybridized carbons (Fsp3) is 0.182. The van der Waals surface area contributed by atoms with Gasteiger partial charge in [0, 0.05) is 18.3 Å². The summed E-state index contributed by atoms with van der Waals surface area (Å²) in [5.41, 5.74) is 2.49. The highest BCUT2D eigenvalue weighted by molar-refractivity contribution is 7.95. The predicted octanol–water partition coefficient (Wildman–Crippen LogP) is 2.31. The van der Waals surface area contributed by atoms with Gasteiger partial charge in [-0.05, 0) is 18.2 Å². The number of amides is 1. The van der Waals surface area contributed by atoms with Crippen molar-refractivity contribution in [3.05, 3.63) is 30.4 Å². The molecule has 0 radical (unpaired) electrons. The number of halogens is 1. The van der Waals surface area contributed by atoms with Crippen molar-refractivity contribution in [2.75, 3.05) is 27.7 Å². The fourth-order valence-electron chi connectivity index (χ4n) is 2.03. The second-order valence-electron chi connectivity index (χ2n) is 3.84. The highest BCUT2D eigenvalue weighted by Crippen LogP contribution is 2.38. The zero-order chi connectivity index (χ0) is 11.8. The molecule has 0 aliphatic carbocycles. The van der Waals surface area contributed by atoms with Crippen molar-refractivity contribution < 1.29 is 8.68 Å². The molecule has 17 heavy (non-hydrogen) atoms. The molecule has 2 aliphatic rings. The van der Waals surface area contributed by atoms with Gasteiger partial charge in [0.25, 0.3) is 5.91 Å². The van der Waals surface area contributed by atoms with E-state index in [1.807, 2.05) is 24.3 Å². The molecule has 1 N–H and O–H groups in total. The van der Waals surface area contributed by atoms with E-state index in [0.29, 0.717) is 13.2 Å². The Kier molecular flexibility index (Phi) is 2.44. The SMILES string of the molecule is O=C1C=CCN1c1ccc2c(c1)NCN2SF. The number of carbonyl (C=O) groups excluding carboxylic acids is 1. The smallest absolute Gasteiger partial charge is 0.251 e. The summed E-state index contributed by atoms with van der Waals surface area (Å²) in [4.78, 5) is 13.2. The quantitative estimate of drug-likeness (QED) is 0.818. The minimum absolute atomic E-state index is 0.0142. The molecule has 2 aliphatic heterocycles. The predicted molar refractivity (Wildman–Crippen MR) is 67.6 cm³/mol. The number of carbonyl (C=O) groups is 1. The normalized spacial score (nSPS) is 17.6. The van der Waals surface area contributed by atoms with Crippen LogP contribution in [0.2, 0.25) is 0 Å². The van der Waals surface area contributed by atoms with E-state index in [2.05, 4.69) is 5.32 Å². The van der Waals surface area contributed by atoms with Crippen LogP contribution in [0.15, 0.2) is 30.4 Å². The van der Waals surface area contributed by atoms with Crippen LogP contribution in [0.1, 0.15) is 0 Å². The Morgan fingerprint density at radius 2 is 2.29 bits per heavy atom. The third-order valence-corrected chi connectivity index (χ3v) is 3.36. The Hall–Kier alpha value is -1.69. The van der Waals surface area contributed by atoms with Crippen LogP contribution >= 0.6 is 12.3 Å². The molecule has 0 bridgehead atoms. The fourth-order valence-corrected chi connectivity index (χ4v) is 2.37. The van der Waals surface area contributed by atoms with Crippen molar-refractivity contribution in [3.63, 3.8) is 0 Å². The summed E-state index contributed by atoms with van der Waals surface area (Å²) in [7, 11) is 0. The third-order valence-electron chi connectivity index (χ3n) is 2.87. The maximum absolute atomic E-state index is 12.6. The van der Waals surface area contributed by atoms with Gasteiger partial charge >= 0.3 is 0 Å². The molecule has 0 saturated carbocycles. The first-order valence-corrected chi connectivity index (χ1v) is 5.89. The number of rotatable bonds is 2. The zero-order valence-corrected chi connectivity index (χ0v) is 9.71. The summed E-state index contributed by atoms with van der Waals surface area (Å²) >= 11 is 0.192. The van der Waals surface area contributed by atoms with Gasteiger partial charge in [0.15, 0.2) is 12.3 Å². The van der Waals surface area contributed by atoms with Gasteiger partial charge in [-0.15, -0.1) is 3.89 Å². The molecule has 0 saturated heterocycles. The van der Waals surface area contributed by atoms with Crippen LogP contribution in [0.3, 0.4) is 0 Å². The van der Waals surface area contributed by atoms with Crippen LogP contribution in [0.25, 0.3) is 0 Å². The second-order valence-corrected chi connectivity index (χ2v) is 4.41. The molecule has 1 amide bonds. The average molecular weight is 251 g/mol. The highest BCUT2D eigenvalue weighted by Gasteiger charge is 2.23. The van der Waals surface area contributed by atoms with Crippen LogP contribution < -0.4 is 14.5 Å². The average Bonchev–Trinajstić information content (AvgIpc) is 2.93. The topological polar surface area (TPSA) is 35.6 Å². The lowest BCUT2D eigenvalue weighted by atomic mass is 10.2. The molecular formula is C11H10FN3OS. The van der Waals surface area contributed by atoms with Crippen molar-refractivity contribution in [3.8, 4) is 0 Å². The summed E-state index contributed by atoms with van der Waals surface area (Å²) in [6.07, 6.45) is 3.39. The van der Waals surface area contributed by atoms with E-state index < -0.39 is 0 Å². The molecule has 2 heterocycles. The van der Waals surface area contributed by atoms with E-state index in [4.69, 9.17) is 0 Å². The summed E-state index contributed by atoms with van der Waals surface area (Å²) in [6.45, 7) is 1.03. The molecule has 0 fully saturated rings. The van der Waals surface area contributed by atoms with E-state index in [1.165, 1.54) is 4.31 Å². The maximum atomic E-state index is 12.6. The summed E-state index contributed by atoms with van der Waals surface area (Å²) < 4.78 is 14.1. The Bertz CT molecular complexity index is 505. The number of hydrogen-bond acceptors (Lipinski definition) is 4. The van der Waals surface area contributed by atoms with Gasteiger partial charge in [0.1, 0.15) is 6.67 Å². The van der Waals surface area contributed by atoms with Crippen LogP contribution in [0.5, 0.6) is 0 Å². The molecule has 0 aromatic heterocycles. The first kappa shape index (κ1) is 10.5. The number of benzene rings is 1. The molecule has 0 unspecified atom stereocenters. The molecule has 1 aromatic rings. The molecule has 6 heteroatoms. The molecule has 3 rings (SSSR count). The van der Waals surface area contributed by atoms with Gasteiger partial charge in [-0.3, -0.25) is 9.10 Å². The largest absolute Gasteiger partial charge is 0.365 e. The van der Waals surface area contributed by atoms with Gasteiger partial charge in [0.2, 0.25) is 0 Å². The van der Waals surface area contributed by atoms with Crippen LogP contribution in [-0.4, -0.2) is 19.1 Å². The Labute approximate surface area is 103 Å². The Morgan fingerprint density at radius 1 is 1.41 bits per heavy atom. The van der Waals surface area contributed by atoms with Gasteiger partial charge in [-0.2, -0.15) is 0 Å². The van der Waals surface area contributed by atoms with Crippen molar-refractivity contribution in [1.82, 2.24) is 0 Å². The maximum Gasteiger partial charge on any atom is 0.251 e. The van der Waals surface area contributed by atoms with Crippen molar-refractivity contribution >= 4 is 35.3 Å². The molecule has 1 aromatic carbocycles. The van der Waals surface area contributed by atoms with E-state index in [1.54, 1.807) is 11.0 Å². The second kappa shape index (κ2) is 3.96. The molecular weight excluding hydrogens is 241 g/mol. The minimum Gasteiger partial charge on any atom is -0.365 e. The number of nitrogens with one attached hydrogen (secondary N) is 1. The standard InChI is InChI=1S/C11H10FN3OS/c12-17-15-7-13-9-6-8(3-4-10(9)15)14-5-1-2-11(14)16/h1-4,6,13H,5,7H2.